The van der Waals surface area contributed by atoms with Gasteiger partial charge in [-0.3, -0.25) is 4.79 Å². The van der Waals surface area contributed by atoms with Crippen LogP contribution in [0.5, 0.6) is 0 Å². The second-order valence-corrected chi connectivity index (χ2v) is 7.87. The Bertz CT molecular complexity index is 954. The van der Waals surface area contributed by atoms with E-state index in [4.69, 9.17) is 0 Å². The normalized spacial score (nSPS) is 14.9. The van der Waals surface area contributed by atoms with Crippen molar-refractivity contribution in [3.8, 4) is 0 Å². The minimum absolute atomic E-state index is 0.0791. The fraction of sp³-hybridized carbons (Fsp3) is 0.320. The van der Waals surface area contributed by atoms with Crippen molar-refractivity contribution in [1.82, 2.24) is 10.2 Å². The van der Waals surface area contributed by atoms with Gasteiger partial charge in [-0.05, 0) is 47.5 Å². The quantitative estimate of drug-likeness (QED) is 0.703. The van der Waals surface area contributed by atoms with Crippen molar-refractivity contribution in [2.45, 2.75) is 12.8 Å². The van der Waals surface area contributed by atoms with Crippen molar-refractivity contribution in [2.75, 3.05) is 44.7 Å². The predicted octanol–water partition coefficient (Wildman–Crippen LogP) is 3.49. The summed E-state index contributed by atoms with van der Waals surface area (Å²) in [6, 6.07) is 23.2. The van der Waals surface area contributed by atoms with E-state index in [1.807, 2.05) is 24.3 Å². The molecule has 0 unspecified atom stereocenters. The zero-order chi connectivity index (χ0) is 20.1. The van der Waals surface area contributed by atoms with E-state index in [-0.39, 0.29) is 5.91 Å². The highest BCUT2D eigenvalue weighted by atomic mass is 16.1. The Morgan fingerprint density at radius 2 is 1.62 bits per heavy atom. The Labute approximate surface area is 173 Å². The number of fused-ring (bicyclic) bond motifs is 1. The molecule has 1 aliphatic rings. The average molecular weight is 388 g/mol. The fourth-order valence-corrected chi connectivity index (χ4v) is 3.97. The number of amides is 1. The first-order valence-electron chi connectivity index (χ1n) is 10.4. The lowest BCUT2D eigenvalue weighted by Crippen LogP contribution is -2.44. The van der Waals surface area contributed by atoms with Crippen LogP contribution in [0.25, 0.3) is 10.8 Å². The van der Waals surface area contributed by atoms with Crippen LogP contribution in [0, 0.1) is 0 Å². The molecule has 29 heavy (non-hydrogen) atoms. The molecule has 3 aromatic rings. The molecule has 1 aliphatic heterocycles. The third kappa shape index (κ3) is 4.96. The highest BCUT2D eigenvalue weighted by Crippen LogP contribution is 2.19. The molecule has 4 nitrogen and oxygen atoms in total. The number of hydrogen-bond acceptors (Lipinski definition) is 3. The van der Waals surface area contributed by atoms with Gasteiger partial charge in [0.2, 0.25) is 5.91 Å². The second-order valence-electron chi connectivity index (χ2n) is 7.87. The molecule has 0 radical (unpaired) electrons. The summed E-state index contributed by atoms with van der Waals surface area (Å²) in [4.78, 5) is 17.2. The van der Waals surface area contributed by atoms with Crippen LogP contribution < -0.4 is 10.2 Å². The molecule has 4 heteroatoms. The maximum absolute atomic E-state index is 12.4. The summed E-state index contributed by atoms with van der Waals surface area (Å²) in [5, 5.41) is 5.41. The Morgan fingerprint density at radius 3 is 2.41 bits per heavy atom. The molecule has 1 heterocycles. The number of nitrogens with zero attached hydrogens (tertiary/aromatic N) is 2. The second kappa shape index (κ2) is 9.10. The maximum atomic E-state index is 12.4. The van der Waals surface area contributed by atoms with Gasteiger partial charge in [0.1, 0.15) is 0 Å². The number of hydrogen-bond donors (Lipinski definition) is 1. The predicted molar refractivity (Wildman–Crippen MR) is 121 cm³/mol. The van der Waals surface area contributed by atoms with Crippen molar-refractivity contribution in [3.05, 3.63) is 77.9 Å². The van der Waals surface area contributed by atoms with Crippen LogP contribution in [0.1, 0.15) is 11.1 Å². The number of piperazine rings is 1. The number of carbonyl (C=O) groups excluding carboxylic acids is 1. The van der Waals surface area contributed by atoms with E-state index < -0.39 is 0 Å². The summed E-state index contributed by atoms with van der Waals surface area (Å²) >= 11 is 0. The van der Waals surface area contributed by atoms with Gasteiger partial charge in [0.15, 0.2) is 0 Å². The standard InChI is InChI=1S/C25H29N3O/c1-27-15-17-28(18-16-27)23-11-9-20(10-12-23)13-14-26-25(29)19-22-7-4-6-21-5-2-3-8-24(21)22/h2-12H,13-19H2,1H3,(H,26,29). The number of anilines is 1. The van der Waals surface area contributed by atoms with E-state index in [1.165, 1.54) is 16.6 Å². The average Bonchev–Trinajstić information content (AvgIpc) is 2.75. The van der Waals surface area contributed by atoms with Crippen LogP contribution >= 0.6 is 0 Å². The zero-order valence-electron chi connectivity index (χ0n) is 17.1. The van der Waals surface area contributed by atoms with Gasteiger partial charge in [-0.25, -0.2) is 0 Å². The maximum Gasteiger partial charge on any atom is 0.224 e. The van der Waals surface area contributed by atoms with Crippen molar-refractivity contribution in [3.63, 3.8) is 0 Å². The molecule has 150 valence electrons. The molecule has 0 atom stereocenters. The summed E-state index contributed by atoms with van der Waals surface area (Å²) in [7, 11) is 2.18. The lowest BCUT2D eigenvalue weighted by atomic mass is 10.0. The Balaban J connectivity index is 1.27. The van der Waals surface area contributed by atoms with Crippen LogP contribution in [0.4, 0.5) is 5.69 Å². The number of rotatable bonds is 6. The van der Waals surface area contributed by atoms with Gasteiger partial charge in [0, 0.05) is 38.4 Å². The van der Waals surface area contributed by atoms with E-state index in [2.05, 4.69) is 64.6 Å². The molecule has 1 amide bonds. The first-order valence-corrected chi connectivity index (χ1v) is 10.4. The van der Waals surface area contributed by atoms with Gasteiger partial charge in [-0.2, -0.15) is 0 Å². The summed E-state index contributed by atoms with van der Waals surface area (Å²) in [5.74, 6) is 0.0791. The van der Waals surface area contributed by atoms with Gasteiger partial charge >= 0.3 is 0 Å². The number of likely N-dealkylation sites (N-methyl/N-ethyl adjacent to an activating group) is 1. The van der Waals surface area contributed by atoms with Crippen LogP contribution in [0.15, 0.2) is 66.7 Å². The topological polar surface area (TPSA) is 35.6 Å². The lowest BCUT2D eigenvalue weighted by Gasteiger charge is -2.34. The molecule has 0 aromatic heterocycles. The first-order chi connectivity index (χ1) is 14.2. The van der Waals surface area contributed by atoms with E-state index in [9.17, 15) is 4.79 Å². The highest BCUT2D eigenvalue weighted by molar-refractivity contribution is 5.90. The third-order valence-corrected chi connectivity index (χ3v) is 5.77. The molecule has 0 aliphatic carbocycles. The molecule has 0 bridgehead atoms. The monoisotopic (exact) mass is 387 g/mol. The largest absolute Gasteiger partial charge is 0.369 e. The van der Waals surface area contributed by atoms with Gasteiger partial charge < -0.3 is 15.1 Å². The number of nitrogens with one attached hydrogen (secondary N) is 1. The zero-order valence-corrected chi connectivity index (χ0v) is 17.1. The van der Waals surface area contributed by atoms with Gasteiger partial charge in [-0.1, -0.05) is 54.6 Å². The minimum atomic E-state index is 0.0791. The van der Waals surface area contributed by atoms with Crippen LogP contribution in [0.2, 0.25) is 0 Å². The molecule has 0 spiro atoms. The molecule has 0 saturated carbocycles. The first kappa shape index (κ1) is 19.5. The van der Waals surface area contributed by atoms with E-state index >= 15 is 0 Å². The molecule has 3 aromatic carbocycles. The molecule has 1 N–H and O–H groups in total. The number of benzene rings is 3. The van der Waals surface area contributed by atoms with Crippen molar-refractivity contribution < 1.29 is 4.79 Å². The Hall–Kier alpha value is -2.85. The fourth-order valence-electron chi connectivity index (χ4n) is 3.97. The smallest absolute Gasteiger partial charge is 0.224 e. The Kier molecular flexibility index (Phi) is 6.11. The summed E-state index contributed by atoms with van der Waals surface area (Å²) in [6.45, 7) is 5.06. The van der Waals surface area contributed by atoms with Crippen molar-refractivity contribution >= 4 is 22.4 Å². The van der Waals surface area contributed by atoms with Crippen molar-refractivity contribution in [1.29, 1.82) is 0 Å². The lowest BCUT2D eigenvalue weighted by molar-refractivity contribution is -0.120. The van der Waals surface area contributed by atoms with Crippen LogP contribution in [0.3, 0.4) is 0 Å². The van der Waals surface area contributed by atoms with Crippen LogP contribution in [-0.4, -0.2) is 50.6 Å². The molecular formula is C25H29N3O. The highest BCUT2D eigenvalue weighted by Gasteiger charge is 2.14. The van der Waals surface area contributed by atoms with Gasteiger partial charge in [0.25, 0.3) is 0 Å². The summed E-state index contributed by atoms with van der Waals surface area (Å²) < 4.78 is 0. The molecular weight excluding hydrogens is 358 g/mol. The molecule has 1 fully saturated rings. The minimum Gasteiger partial charge on any atom is -0.369 e. The van der Waals surface area contributed by atoms with Gasteiger partial charge in [-0.15, -0.1) is 0 Å². The van der Waals surface area contributed by atoms with Crippen LogP contribution in [-0.2, 0) is 17.6 Å². The van der Waals surface area contributed by atoms with E-state index in [0.29, 0.717) is 13.0 Å². The Morgan fingerprint density at radius 1 is 0.897 bits per heavy atom. The van der Waals surface area contributed by atoms with Gasteiger partial charge in [0.05, 0.1) is 6.42 Å². The van der Waals surface area contributed by atoms with Crippen molar-refractivity contribution in [2.24, 2.45) is 0 Å². The summed E-state index contributed by atoms with van der Waals surface area (Å²) in [5.41, 5.74) is 3.63. The number of carbonyl (C=O) groups is 1. The molecule has 4 rings (SSSR count). The van der Waals surface area contributed by atoms with E-state index in [1.54, 1.807) is 0 Å². The SMILES string of the molecule is CN1CCN(c2ccc(CCNC(=O)Cc3cccc4ccccc34)cc2)CC1. The molecule has 1 saturated heterocycles. The third-order valence-electron chi connectivity index (χ3n) is 5.77. The van der Waals surface area contributed by atoms with E-state index in [0.717, 1.165) is 43.5 Å². The summed E-state index contributed by atoms with van der Waals surface area (Å²) in [6.07, 6.45) is 1.27.